The first-order valence-corrected chi connectivity index (χ1v) is 10.8. The van der Waals surface area contributed by atoms with E-state index in [1.54, 1.807) is 0 Å². The molecule has 10 nitrogen and oxygen atoms in total. The van der Waals surface area contributed by atoms with Crippen LogP contribution in [0.5, 0.6) is 0 Å². The number of nitrogens with one attached hydrogen (secondary N) is 1. The van der Waals surface area contributed by atoms with E-state index in [0.29, 0.717) is 12.5 Å². The van der Waals surface area contributed by atoms with Crippen LogP contribution in [0.15, 0.2) is 0 Å². The number of amides is 1. The van der Waals surface area contributed by atoms with Gasteiger partial charge in [0.2, 0.25) is 5.91 Å². The van der Waals surface area contributed by atoms with E-state index in [9.17, 15) is 19.2 Å². The van der Waals surface area contributed by atoms with Gasteiger partial charge in [0, 0.05) is 40.2 Å². The van der Waals surface area contributed by atoms with Crippen molar-refractivity contribution in [2.24, 2.45) is 0 Å². The Labute approximate surface area is 187 Å². The fourth-order valence-electron chi connectivity index (χ4n) is 3.18. The standard InChI is InChI=1S/C20H32ClNO9/c1-12(23)22-17-19(30-15(4)26)18(29-14(3)25)16(11-28-13(2)24)31-20(17)27-10-8-6-5-7-9-21/h16-20H,5-11H2,1-4H3,(H,22,23)/t16-,17+,18-,19-,20-/m1/s1. The summed E-state index contributed by atoms with van der Waals surface area (Å²) in [6.07, 6.45) is -0.750. The minimum absolute atomic E-state index is 0.257. The van der Waals surface area contributed by atoms with Crippen molar-refractivity contribution in [2.45, 2.75) is 84.0 Å². The lowest BCUT2D eigenvalue weighted by molar-refractivity contribution is -0.277. The van der Waals surface area contributed by atoms with E-state index in [1.165, 1.54) is 27.7 Å². The molecular weight excluding hydrogens is 434 g/mol. The van der Waals surface area contributed by atoms with Gasteiger partial charge in [-0.3, -0.25) is 19.2 Å². The molecule has 1 saturated heterocycles. The van der Waals surface area contributed by atoms with Crippen LogP contribution in [0, 0.1) is 0 Å². The Kier molecular flexibility index (Phi) is 12.4. The van der Waals surface area contributed by atoms with Crippen LogP contribution in [0.1, 0.15) is 53.4 Å². The van der Waals surface area contributed by atoms with Gasteiger partial charge in [-0.25, -0.2) is 0 Å². The van der Waals surface area contributed by atoms with Gasteiger partial charge in [-0.1, -0.05) is 12.8 Å². The minimum atomic E-state index is -1.12. The molecule has 0 aliphatic carbocycles. The third-order valence-corrected chi connectivity index (χ3v) is 4.65. The van der Waals surface area contributed by atoms with Crippen molar-refractivity contribution in [2.75, 3.05) is 19.1 Å². The van der Waals surface area contributed by atoms with E-state index < -0.39 is 54.5 Å². The zero-order valence-electron chi connectivity index (χ0n) is 18.4. The lowest BCUT2D eigenvalue weighted by atomic mass is 9.96. The van der Waals surface area contributed by atoms with Crippen molar-refractivity contribution in [1.82, 2.24) is 5.32 Å². The summed E-state index contributed by atoms with van der Waals surface area (Å²) in [5, 5.41) is 2.65. The van der Waals surface area contributed by atoms with Crippen molar-refractivity contribution >= 4 is 35.4 Å². The summed E-state index contributed by atoms with van der Waals surface area (Å²) in [7, 11) is 0. The van der Waals surface area contributed by atoms with Gasteiger partial charge in [-0.15, -0.1) is 11.6 Å². The summed E-state index contributed by atoms with van der Waals surface area (Å²) in [5.41, 5.74) is 0. The molecule has 0 saturated carbocycles. The van der Waals surface area contributed by atoms with E-state index in [2.05, 4.69) is 5.32 Å². The summed E-state index contributed by atoms with van der Waals surface area (Å²) in [6.45, 7) is 4.95. The Hall–Kier alpha value is -1.91. The van der Waals surface area contributed by atoms with Crippen molar-refractivity contribution in [3.8, 4) is 0 Å². The Balaban J connectivity index is 3.07. The topological polar surface area (TPSA) is 126 Å². The minimum Gasteiger partial charge on any atom is -0.463 e. The quantitative estimate of drug-likeness (QED) is 0.197. The predicted molar refractivity (Wildman–Crippen MR) is 109 cm³/mol. The highest BCUT2D eigenvalue weighted by atomic mass is 35.5. The molecule has 1 N–H and O–H groups in total. The molecule has 1 fully saturated rings. The van der Waals surface area contributed by atoms with Crippen molar-refractivity contribution in [3.05, 3.63) is 0 Å². The van der Waals surface area contributed by atoms with Crippen molar-refractivity contribution < 1.29 is 42.9 Å². The molecular formula is C20H32ClNO9. The fourth-order valence-corrected chi connectivity index (χ4v) is 3.37. The van der Waals surface area contributed by atoms with Crippen LogP contribution < -0.4 is 5.32 Å². The van der Waals surface area contributed by atoms with Gasteiger partial charge >= 0.3 is 17.9 Å². The Morgan fingerprint density at radius 2 is 1.48 bits per heavy atom. The summed E-state index contributed by atoms with van der Waals surface area (Å²) in [6, 6.07) is -0.942. The third kappa shape index (κ3) is 10.3. The Morgan fingerprint density at radius 1 is 0.871 bits per heavy atom. The van der Waals surface area contributed by atoms with Crippen LogP contribution in [0.25, 0.3) is 0 Å². The molecule has 0 unspecified atom stereocenters. The van der Waals surface area contributed by atoms with Gasteiger partial charge in [0.25, 0.3) is 0 Å². The number of hydrogen-bond donors (Lipinski definition) is 1. The molecule has 0 spiro atoms. The summed E-state index contributed by atoms with van der Waals surface area (Å²) < 4.78 is 27.5. The highest BCUT2D eigenvalue weighted by Crippen LogP contribution is 2.28. The van der Waals surface area contributed by atoms with Crippen molar-refractivity contribution in [3.63, 3.8) is 0 Å². The van der Waals surface area contributed by atoms with E-state index >= 15 is 0 Å². The maximum atomic E-state index is 11.8. The summed E-state index contributed by atoms with van der Waals surface area (Å²) in [5.74, 6) is -1.68. The van der Waals surface area contributed by atoms with Gasteiger partial charge in [0.05, 0.1) is 0 Å². The number of carbonyl (C=O) groups is 4. The Morgan fingerprint density at radius 3 is 2.03 bits per heavy atom. The molecule has 1 heterocycles. The van der Waals surface area contributed by atoms with Crippen LogP contribution in [-0.4, -0.2) is 73.6 Å². The normalized spacial score (nSPS) is 25.4. The van der Waals surface area contributed by atoms with Crippen molar-refractivity contribution in [1.29, 1.82) is 0 Å². The molecule has 178 valence electrons. The third-order valence-electron chi connectivity index (χ3n) is 4.38. The summed E-state index contributed by atoms with van der Waals surface area (Å²) >= 11 is 5.67. The molecule has 0 aromatic heterocycles. The fraction of sp³-hybridized carbons (Fsp3) is 0.800. The number of unbranched alkanes of at least 4 members (excludes halogenated alkanes) is 3. The highest BCUT2D eigenvalue weighted by Gasteiger charge is 2.51. The van der Waals surface area contributed by atoms with Crippen LogP contribution >= 0.6 is 11.6 Å². The van der Waals surface area contributed by atoms with Gasteiger partial charge in [0.15, 0.2) is 18.5 Å². The number of rotatable bonds is 12. The number of ether oxygens (including phenoxy) is 5. The summed E-state index contributed by atoms with van der Waals surface area (Å²) in [4.78, 5) is 46.5. The van der Waals surface area contributed by atoms with E-state index in [4.69, 9.17) is 35.3 Å². The second kappa shape index (κ2) is 14.2. The maximum absolute atomic E-state index is 11.8. The highest BCUT2D eigenvalue weighted by molar-refractivity contribution is 6.17. The second-order valence-corrected chi connectivity index (χ2v) is 7.57. The first-order chi connectivity index (χ1) is 14.6. The number of esters is 3. The van der Waals surface area contributed by atoms with Gasteiger partial charge in [-0.2, -0.15) is 0 Å². The van der Waals surface area contributed by atoms with E-state index in [0.717, 1.165) is 25.7 Å². The van der Waals surface area contributed by atoms with E-state index in [-0.39, 0.29) is 6.61 Å². The van der Waals surface area contributed by atoms with E-state index in [1.807, 2.05) is 0 Å². The molecule has 0 radical (unpaired) electrons. The van der Waals surface area contributed by atoms with Gasteiger partial charge in [0.1, 0.15) is 18.8 Å². The molecule has 1 aliphatic rings. The maximum Gasteiger partial charge on any atom is 0.303 e. The smallest absolute Gasteiger partial charge is 0.303 e. The number of hydrogen-bond acceptors (Lipinski definition) is 9. The largest absolute Gasteiger partial charge is 0.463 e. The zero-order chi connectivity index (χ0) is 23.4. The zero-order valence-corrected chi connectivity index (χ0v) is 19.1. The lowest BCUT2D eigenvalue weighted by Gasteiger charge is -2.44. The average molecular weight is 466 g/mol. The first-order valence-electron chi connectivity index (χ1n) is 10.2. The average Bonchev–Trinajstić information content (AvgIpc) is 2.66. The Bertz CT molecular complexity index is 615. The molecule has 5 atom stereocenters. The number of carbonyl (C=O) groups excluding carboxylic acids is 4. The number of halogens is 1. The van der Waals surface area contributed by atoms with Gasteiger partial charge < -0.3 is 29.0 Å². The molecule has 0 aromatic carbocycles. The van der Waals surface area contributed by atoms with Gasteiger partial charge in [-0.05, 0) is 12.8 Å². The van der Waals surface area contributed by atoms with Crippen LogP contribution in [0.4, 0.5) is 0 Å². The number of alkyl halides is 1. The molecule has 31 heavy (non-hydrogen) atoms. The molecule has 0 aromatic rings. The molecule has 1 aliphatic heterocycles. The molecule has 1 amide bonds. The monoisotopic (exact) mass is 465 g/mol. The SMILES string of the molecule is CC(=O)N[C@@H]1[C@H](OCCCCCCCl)O[C@H](COC(C)=O)[C@@H](OC(C)=O)[C@@H]1OC(C)=O. The van der Waals surface area contributed by atoms with Crippen LogP contribution in [-0.2, 0) is 42.9 Å². The molecule has 11 heteroatoms. The van der Waals surface area contributed by atoms with Crippen LogP contribution in [0.2, 0.25) is 0 Å². The molecule has 1 rings (SSSR count). The second-order valence-electron chi connectivity index (χ2n) is 7.19. The predicted octanol–water partition coefficient (Wildman–Crippen LogP) is 1.46. The van der Waals surface area contributed by atoms with Crippen LogP contribution in [0.3, 0.4) is 0 Å². The first kappa shape index (κ1) is 27.1. The molecule has 0 bridgehead atoms. The lowest BCUT2D eigenvalue weighted by Crippen LogP contribution is -2.66.